The molecule has 1 aromatic rings. The van der Waals surface area contributed by atoms with E-state index < -0.39 is 6.67 Å². The molecule has 70 valence electrons. The molecule has 0 N–H and O–H groups in total. The number of rotatable bonds is 3. The fourth-order valence-electron chi connectivity index (χ4n) is 1.63. The van der Waals surface area contributed by atoms with Gasteiger partial charge in [-0.2, -0.15) is 0 Å². The predicted octanol–water partition coefficient (Wildman–Crippen LogP) is 3.92. The van der Waals surface area contributed by atoms with Crippen molar-refractivity contribution in [1.29, 1.82) is 0 Å². The van der Waals surface area contributed by atoms with Crippen molar-refractivity contribution in [2.24, 2.45) is 0 Å². The molecular formula is C12H15F. The van der Waals surface area contributed by atoms with Crippen LogP contribution in [0.5, 0.6) is 0 Å². The van der Waals surface area contributed by atoms with Gasteiger partial charge in [0.15, 0.2) is 0 Å². The Labute approximate surface area is 79.1 Å². The molecule has 0 radical (unpaired) electrons. The summed E-state index contributed by atoms with van der Waals surface area (Å²) >= 11 is 0. The smallest absolute Gasteiger partial charge is 0.115 e. The summed E-state index contributed by atoms with van der Waals surface area (Å²) in [7, 11) is 0. The minimum atomic E-state index is -0.394. The van der Waals surface area contributed by atoms with E-state index in [0.29, 0.717) is 5.92 Å². The topological polar surface area (TPSA) is 0 Å². The van der Waals surface area contributed by atoms with Crippen LogP contribution < -0.4 is 0 Å². The van der Waals surface area contributed by atoms with Crippen molar-refractivity contribution in [2.75, 3.05) is 0 Å². The molecule has 0 fully saturated rings. The zero-order valence-corrected chi connectivity index (χ0v) is 8.18. The van der Waals surface area contributed by atoms with E-state index in [0.717, 1.165) is 16.7 Å². The van der Waals surface area contributed by atoms with E-state index in [1.807, 2.05) is 18.2 Å². The minimum absolute atomic E-state index is 0.347. The number of hydrogen-bond donors (Lipinski definition) is 0. The molecule has 0 spiro atoms. The molecule has 0 saturated carbocycles. The van der Waals surface area contributed by atoms with Crippen molar-refractivity contribution in [3.63, 3.8) is 0 Å². The molecule has 0 saturated heterocycles. The third-order valence-electron chi connectivity index (χ3n) is 2.17. The first-order chi connectivity index (χ1) is 6.20. The molecule has 0 aliphatic heterocycles. The Bertz CT molecular complexity index is 300. The molecule has 1 aromatic carbocycles. The Hall–Kier alpha value is -1.11. The molecule has 0 amide bonds. The van der Waals surface area contributed by atoms with Gasteiger partial charge in [0.2, 0.25) is 0 Å². The highest BCUT2D eigenvalue weighted by molar-refractivity contribution is 5.55. The molecule has 0 aliphatic rings. The molecule has 1 rings (SSSR count). The first kappa shape index (κ1) is 9.97. The van der Waals surface area contributed by atoms with Crippen molar-refractivity contribution in [3.05, 3.63) is 41.5 Å². The molecule has 0 atom stereocenters. The molecule has 13 heavy (non-hydrogen) atoms. The maximum atomic E-state index is 12.6. The molecule has 0 heterocycles. The van der Waals surface area contributed by atoms with Crippen LogP contribution in [-0.2, 0) is 6.67 Å². The zero-order chi connectivity index (χ0) is 9.84. The van der Waals surface area contributed by atoms with Crippen LogP contribution in [0.2, 0.25) is 0 Å². The largest absolute Gasteiger partial charge is 0.246 e. The summed E-state index contributed by atoms with van der Waals surface area (Å²) in [4.78, 5) is 0. The van der Waals surface area contributed by atoms with Crippen LogP contribution in [-0.4, -0.2) is 0 Å². The molecule has 0 bridgehead atoms. The van der Waals surface area contributed by atoms with Gasteiger partial charge in [-0.05, 0) is 22.6 Å². The van der Waals surface area contributed by atoms with E-state index in [1.54, 1.807) is 6.08 Å². The second-order valence-corrected chi connectivity index (χ2v) is 3.41. The highest BCUT2D eigenvalue weighted by Crippen LogP contribution is 2.25. The monoisotopic (exact) mass is 178 g/mol. The van der Waals surface area contributed by atoms with Gasteiger partial charge in [0.1, 0.15) is 6.67 Å². The number of hydrogen-bond acceptors (Lipinski definition) is 0. The predicted molar refractivity (Wildman–Crippen MR) is 55.4 cm³/mol. The highest BCUT2D eigenvalue weighted by atomic mass is 19.1. The highest BCUT2D eigenvalue weighted by Gasteiger charge is 2.09. The van der Waals surface area contributed by atoms with Crippen LogP contribution >= 0.6 is 0 Å². The van der Waals surface area contributed by atoms with Crippen LogP contribution in [0.3, 0.4) is 0 Å². The third kappa shape index (κ3) is 1.97. The molecule has 0 nitrogen and oxygen atoms in total. The normalized spacial score (nSPS) is 10.5. The van der Waals surface area contributed by atoms with Crippen LogP contribution in [0.25, 0.3) is 6.08 Å². The lowest BCUT2D eigenvalue weighted by Gasteiger charge is -2.13. The Morgan fingerprint density at radius 2 is 2.15 bits per heavy atom. The fourth-order valence-corrected chi connectivity index (χ4v) is 1.63. The lowest BCUT2D eigenvalue weighted by Crippen LogP contribution is -1.97. The average Bonchev–Trinajstić information content (AvgIpc) is 2.16. The maximum absolute atomic E-state index is 12.6. The summed E-state index contributed by atoms with van der Waals surface area (Å²) in [5, 5.41) is 0. The van der Waals surface area contributed by atoms with Gasteiger partial charge in [-0.25, -0.2) is 4.39 Å². The van der Waals surface area contributed by atoms with Crippen LogP contribution in [0.15, 0.2) is 24.8 Å². The van der Waals surface area contributed by atoms with Gasteiger partial charge in [-0.3, -0.25) is 0 Å². The van der Waals surface area contributed by atoms with Gasteiger partial charge in [0.25, 0.3) is 0 Å². The summed E-state index contributed by atoms with van der Waals surface area (Å²) in [6.45, 7) is 7.48. The number of alkyl halides is 1. The SMILES string of the molecule is C=Cc1cccc(CF)c1C(C)C. The lowest BCUT2D eigenvalue weighted by molar-refractivity contribution is 0.481. The molecular weight excluding hydrogens is 163 g/mol. The fraction of sp³-hybridized carbons (Fsp3) is 0.333. The quantitative estimate of drug-likeness (QED) is 0.658. The van der Waals surface area contributed by atoms with Crippen molar-refractivity contribution in [3.8, 4) is 0 Å². The number of halogens is 1. The van der Waals surface area contributed by atoms with Crippen LogP contribution in [0, 0.1) is 0 Å². The van der Waals surface area contributed by atoms with Crippen molar-refractivity contribution < 1.29 is 4.39 Å². The number of benzene rings is 1. The second kappa shape index (κ2) is 4.22. The van der Waals surface area contributed by atoms with Gasteiger partial charge >= 0.3 is 0 Å². The standard InChI is InChI=1S/C12H15F/c1-4-10-6-5-7-11(8-13)12(10)9(2)3/h4-7,9H,1,8H2,2-3H3. The average molecular weight is 178 g/mol. The van der Waals surface area contributed by atoms with E-state index >= 15 is 0 Å². The maximum Gasteiger partial charge on any atom is 0.115 e. The van der Waals surface area contributed by atoms with Crippen molar-refractivity contribution in [1.82, 2.24) is 0 Å². The summed E-state index contributed by atoms with van der Waals surface area (Å²) in [6.07, 6.45) is 1.79. The van der Waals surface area contributed by atoms with E-state index in [1.165, 1.54) is 0 Å². The van der Waals surface area contributed by atoms with Crippen LogP contribution in [0.4, 0.5) is 4.39 Å². The van der Waals surface area contributed by atoms with Gasteiger partial charge in [0, 0.05) is 0 Å². The Morgan fingerprint density at radius 1 is 1.46 bits per heavy atom. The van der Waals surface area contributed by atoms with Crippen molar-refractivity contribution >= 4 is 6.08 Å². The molecule has 0 unspecified atom stereocenters. The summed E-state index contributed by atoms with van der Waals surface area (Å²) in [6, 6.07) is 5.68. The minimum Gasteiger partial charge on any atom is -0.246 e. The Kier molecular flexibility index (Phi) is 3.24. The van der Waals surface area contributed by atoms with E-state index in [-0.39, 0.29) is 0 Å². The van der Waals surface area contributed by atoms with E-state index in [2.05, 4.69) is 20.4 Å². The van der Waals surface area contributed by atoms with Gasteiger partial charge in [0.05, 0.1) is 0 Å². The molecule has 0 aliphatic carbocycles. The Balaban J connectivity index is 3.29. The van der Waals surface area contributed by atoms with Gasteiger partial charge < -0.3 is 0 Å². The second-order valence-electron chi connectivity index (χ2n) is 3.41. The first-order valence-corrected chi connectivity index (χ1v) is 4.51. The first-order valence-electron chi connectivity index (χ1n) is 4.51. The lowest BCUT2D eigenvalue weighted by atomic mass is 9.92. The van der Waals surface area contributed by atoms with E-state index in [9.17, 15) is 4.39 Å². The zero-order valence-electron chi connectivity index (χ0n) is 8.18. The third-order valence-corrected chi connectivity index (χ3v) is 2.17. The summed E-state index contributed by atoms with van der Waals surface area (Å²) in [5.41, 5.74) is 2.91. The Morgan fingerprint density at radius 3 is 2.62 bits per heavy atom. The molecule has 0 aromatic heterocycles. The molecule has 1 heteroatoms. The van der Waals surface area contributed by atoms with E-state index in [4.69, 9.17) is 0 Å². The van der Waals surface area contributed by atoms with Crippen LogP contribution in [0.1, 0.15) is 36.5 Å². The summed E-state index contributed by atoms with van der Waals surface area (Å²) in [5.74, 6) is 0.347. The summed E-state index contributed by atoms with van der Waals surface area (Å²) < 4.78 is 12.6. The van der Waals surface area contributed by atoms with Crippen molar-refractivity contribution in [2.45, 2.75) is 26.4 Å². The van der Waals surface area contributed by atoms with Gasteiger partial charge in [-0.15, -0.1) is 0 Å². The van der Waals surface area contributed by atoms with Gasteiger partial charge in [-0.1, -0.05) is 44.7 Å².